The highest BCUT2D eigenvalue weighted by atomic mass is 32.2. The van der Waals surface area contributed by atoms with Crippen LogP contribution in [0.5, 0.6) is 5.75 Å². The number of carbonyl (C=O) groups is 2. The van der Waals surface area contributed by atoms with Crippen molar-refractivity contribution in [2.75, 3.05) is 0 Å². The zero-order valence-electron chi connectivity index (χ0n) is 16.2. The second kappa shape index (κ2) is 7.71. The van der Waals surface area contributed by atoms with Gasteiger partial charge in [0.1, 0.15) is 0 Å². The number of phenols is 1. The van der Waals surface area contributed by atoms with Crippen LogP contribution in [0.1, 0.15) is 37.5 Å². The van der Waals surface area contributed by atoms with Crippen molar-refractivity contribution in [2.24, 2.45) is 0 Å². The summed E-state index contributed by atoms with van der Waals surface area (Å²) in [6.45, 7) is 6.48. The molecule has 2 amide bonds. The molecule has 7 nitrogen and oxygen atoms in total. The molecular weight excluding hydrogens is 392 g/mol. The fourth-order valence-electron chi connectivity index (χ4n) is 2.86. The van der Waals surface area contributed by atoms with Gasteiger partial charge in [0.05, 0.1) is 16.4 Å². The highest BCUT2D eigenvalue weighted by Crippen LogP contribution is 2.35. The molecule has 29 heavy (non-hydrogen) atoms. The molecule has 150 valence electrons. The van der Waals surface area contributed by atoms with Gasteiger partial charge >= 0.3 is 5.69 Å². The lowest BCUT2D eigenvalue weighted by Gasteiger charge is -2.20. The van der Waals surface area contributed by atoms with Gasteiger partial charge in [-0.25, -0.2) is 0 Å². The van der Waals surface area contributed by atoms with Gasteiger partial charge in [-0.15, -0.1) is 0 Å². The summed E-state index contributed by atoms with van der Waals surface area (Å²) in [6, 6.07) is 11.6. The molecule has 8 heteroatoms. The van der Waals surface area contributed by atoms with Gasteiger partial charge in [0.2, 0.25) is 0 Å². The number of imide groups is 1. The summed E-state index contributed by atoms with van der Waals surface area (Å²) in [5, 5.41) is 20.1. The van der Waals surface area contributed by atoms with Gasteiger partial charge in [0, 0.05) is 6.07 Å². The molecule has 0 atom stereocenters. The summed E-state index contributed by atoms with van der Waals surface area (Å²) in [4.78, 5) is 36.6. The third kappa shape index (κ3) is 4.48. The number of benzene rings is 2. The first-order chi connectivity index (χ1) is 13.6. The van der Waals surface area contributed by atoms with Crippen LogP contribution >= 0.6 is 11.8 Å². The topological polar surface area (TPSA) is 101 Å². The van der Waals surface area contributed by atoms with E-state index in [1.165, 1.54) is 18.2 Å². The average Bonchev–Trinajstić information content (AvgIpc) is 2.90. The van der Waals surface area contributed by atoms with E-state index >= 15 is 0 Å². The molecule has 0 radical (unpaired) electrons. The van der Waals surface area contributed by atoms with Crippen LogP contribution in [0.3, 0.4) is 0 Å². The highest BCUT2D eigenvalue weighted by molar-refractivity contribution is 8.18. The summed E-state index contributed by atoms with van der Waals surface area (Å²) >= 11 is 0.788. The summed E-state index contributed by atoms with van der Waals surface area (Å²) in [7, 11) is 0. The Hall–Kier alpha value is -3.13. The Balaban J connectivity index is 1.80. The number of rotatable bonds is 4. The summed E-state index contributed by atoms with van der Waals surface area (Å²) in [5.41, 5.74) is 1.90. The number of carbonyl (C=O) groups excluding carboxylic acids is 2. The SMILES string of the molecule is CC(C)(C)c1ccc(CN2C(=O)SC(=Cc3ccc(O)c([N+](=O)[O-])c3)C2=O)cc1. The second-order valence-corrected chi connectivity index (χ2v) is 8.71. The van der Waals surface area contributed by atoms with Gasteiger partial charge in [0.15, 0.2) is 5.75 Å². The van der Waals surface area contributed by atoms with Crippen molar-refractivity contribution in [2.45, 2.75) is 32.7 Å². The van der Waals surface area contributed by atoms with Crippen molar-refractivity contribution in [3.8, 4) is 5.75 Å². The first-order valence-electron chi connectivity index (χ1n) is 8.88. The Morgan fingerprint density at radius 1 is 1.14 bits per heavy atom. The Morgan fingerprint density at radius 2 is 1.79 bits per heavy atom. The molecule has 0 aromatic heterocycles. The van der Waals surface area contributed by atoms with E-state index in [1.807, 2.05) is 24.3 Å². The van der Waals surface area contributed by atoms with E-state index < -0.39 is 27.5 Å². The van der Waals surface area contributed by atoms with Crippen molar-refractivity contribution in [3.63, 3.8) is 0 Å². The first-order valence-corrected chi connectivity index (χ1v) is 9.70. The van der Waals surface area contributed by atoms with Gasteiger partial charge in [-0.3, -0.25) is 24.6 Å². The molecule has 2 aromatic rings. The largest absolute Gasteiger partial charge is 0.502 e. The number of nitro benzene ring substituents is 1. The third-order valence-electron chi connectivity index (χ3n) is 4.53. The zero-order valence-corrected chi connectivity index (χ0v) is 17.0. The molecule has 2 aromatic carbocycles. The van der Waals surface area contributed by atoms with Gasteiger partial charge in [0.25, 0.3) is 11.1 Å². The summed E-state index contributed by atoms with van der Waals surface area (Å²) < 4.78 is 0. The van der Waals surface area contributed by atoms with Gasteiger partial charge in [-0.1, -0.05) is 51.1 Å². The molecule has 0 bridgehead atoms. The van der Waals surface area contributed by atoms with E-state index in [0.29, 0.717) is 5.56 Å². The van der Waals surface area contributed by atoms with Crippen molar-refractivity contribution in [3.05, 3.63) is 74.2 Å². The Bertz CT molecular complexity index is 1020. The Labute approximate surface area is 172 Å². The number of amides is 2. The second-order valence-electron chi connectivity index (χ2n) is 7.72. The standard InChI is InChI=1S/C21H20N2O5S/c1-21(2,3)15-7-4-13(5-8-15)12-22-19(25)18(29-20(22)26)11-14-6-9-17(24)16(10-14)23(27)28/h4-11,24H,12H2,1-3H3. The molecule has 3 rings (SSSR count). The maximum atomic E-state index is 12.7. The van der Waals surface area contributed by atoms with Crippen LogP contribution in [0, 0.1) is 10.1 Å². The minimum absolute atomic E-state index is 0.0102. The lowest BCUT2D eigenvalue weighted by molar-refractivity contribution is -0.385. The third-order valence-corrected chi connectivity index (χ3v) is 5.44. The first kappa shape index (κ1) is 20.6. The minimum Gasteiger partial charge on any atom is -0.502 e. The molecule has 1 fully saturated rings. The number of aromatic hydroxyl groups is 1. The number of thioether (sulfide) groups is 1. The molecule has 1 aliphatic heterocycles. The van der Waals surface area contributed by atoms with Crippen molar-refractivity contribution in [1.29, 1.82) is 0 Å². The maximum absolute atomic E-state index is 12.7. The predicted octanol–water partition coefficient (Wildman–Crippen LogP) is 4.83. The average molecular weight is 412 g/mol. The van der Waals surface area contributed by atoms with Crippen molar-refractivity contribution < 1.29 is 19.6 Å². The van der Waals surface area contributed by atoms with Crippen LogP contribution < -0.4 is 0 Å². The van der Waals surface area contributed by atoms with Crippen LogP contribution in [0.25, 0.3) is 6.08 Å². The molecule has 0 saturated carbocycles. The molecule has 1 N–H and O–H groups in total. The van der Waals surface area contributed by atoms with Crippen LogP contribution in [-0.4, -0.2) is 26.1 Å². The van der Waals surface area contributed by atoms with Crippen LogP contribution in [0.2, 0.25) is 0 Å². The molecule has 0 aliphatic carbocycles. The zero-order chi connectivity index (χ0) is 21.3. The van der Waals surface area contributed by atoms with E-state index in [4.69, 9.17) is 0 Å². The van der Waals surface area contributed by atoms with Gasteiger partial charge in [-0.2, -0.15) is 0 Å². The molecule has 1 aliphatic rings. The van der Waals surface area contributed by atoms with Crippen LogP contribution in [-0.2, 0) is 16.8 Å². The van der Waals surface area contributed by atoms with Crippen LogP contribution in [0.4, 0.5) is 10.5 Å². The smallest absolute Gasteiger partial charge is 0.311 e. The molecule has 1 saturated heterocycles. The minimum atomic E-state index is -0.709. The van der Waals surface area contributed by atoms with Gasteiger partial charge in [-0.05, 0) is 46.0 Å². The maximum Gasteiger partial charge on any atom is 0.311 e. The van der Waals surface area contributed by atoms with Crippen LogP contribution in [0.15, 0.2) is 47.4 Å². The summed E-state index contributed by atoms with van der Waals surface area (Å²) in [5.74, 6) is -0.908. The monoisotopic (exact) mass is 412 g/mol. The fourth-order valence-corrected chi connectivity index (χ4v) is 3.70. The predicted molar refractivity (Wildman–Crippen MR) is 111 cm³/mol. The highest BCUT2D eigenvalue weighted by Gasteiger charge is 2.35. The lowest BCUT2D eigenvalue weighted by atomic mass is 9.87. The van der Waals surface area contributed by atoms with Crippen molar-refractivity contribution in [1.82, 2.24) is 4.90 Å². The van der Waals surface area contributed by atoms with Crippen molar-refractivity contribution >= 4 is 34.7 Å². The molecule has 0 spiro atoms. The number of phenolic OH excluding ortho intramolecular Hbond substituents is 1. The van der Waals surface area contributed by atoms with Gasteiger partial charge < -0.3 is 5.11 Å². The fraction of sp³-hybridized carbons (Fsp3) is 0.238. The summed E-state index contributed by atoms with van der Waals surface area (Å²) in [6.07, 6.45) is 1.42. The number of nitro groups is 1. The quantitative estimate of drug-likeness (QED) is 0.438. The molecule has 1 heterocycles. The van der Waals surface area contributed by atoms with E-state index in [-0.39, 0.29) is 16.9 Å². The Kier molecular flexibility index (Phi) is 5.48. The lowest BCUT2D eigenvalue weighted by Crippen LogP contribution is -2.27. The number of hydrogen-bond acceptors (Lipinski definition) is 6. The number of nitrogens with zero attached hydrogens (tertiary/aromatic N) is 2. The van der Waals surface area contributed by atoms with E-state index in [9.17, 15) is 24.8 Å². The molecular formula is C21H20N2O5S. The van der Waals surface area contributed by atoms with E-state index in [2.05, 4.69) is 20.8 Å². The van der Waals surface area contributed by atoms with E-state index in [0.717, 1.165) is 33.9 Å². The van der Waals surface area contributed by atoms with E-state index in [1.54, 1.807) is 0 Å². The molecule has 0 unspecified atom stereocenters. The Morgan fingerprint density at radius 3 is 2.38 bits per heavy atom. The number of hydrogen-bond donors (Lipinski definition) is 1. The normalized spacial score (nSPS) is 16.0.